The smallest absolute Gasteiger partial charge is 0.220 e. The summed E-state index contributed by atoms with van der Waals surface area (Å²) in [5, 5.41) is 2.72. The first-order valence-electron chi connectivity index (χ1n) is 6.32. The maximum absolute atomic E-state index is 11.4. The molecule has 1 rings (SSSR count). The zero-order chi connectivity index (χ0) is 13.4. The summed E-state index contributed by atoms with van der Waals surface area (Å²) in [5.41, 5.74) is 0.795. The molecule has 1 aromatic rings. The van der Waals surface area contributed by atoms with Crippen molar-refractivity contribution >= 4 is 5.91 Å². The van der Waals surface area contributed by atoms with E-state index in [1.807, 2.05) is 18.2 Å². The highest BCUT2D eigenvalue weighted by molar-refractivity contribution is 5.75. The van der Waals surface area contributed by atoms with Crippen LogP contribution in [-0.4, -0.2) is 10.9 Å². The van der Waals surface area contributed by atoms with Crippen LogP contribution in [0.5, 0.6) is 0 Å². The molecule has 0 aliphatic carbocycles. The van der Waals surface area contributed by atoms with Gasteiger partial charge in [-0.25, -0.2) is 0 Å². The number of carbonyl (C=O) groups is 1. The number of amides is 1. The van der Waals surface area contributed by atoms with Crippen LogP contribution in [0, 0.1) is 0 Å². The van der Waals surface area contributed by atoms with Crippen LogP contribution in [-0.2, 0) is 11.3 Å². The van der Waals surface area contributed by atoms with E-state index in [1.165, 1.54) is 6.08 Å². The van der Waals surface area contributed by atoms with Gasteiger partial charge < -0.3 is 5.32 Å². The molecule has 1 amide bonds. The van der Waals surface area contributed by atoms with Crippen molar-refractivity contribution < 1.29 is 8.91 Å². The Labute approximate surface area is 94.4 Å². The van der Waals surface area contributed by atoms with Gasteiger partial charge in [0.05, 0.1) is 12.2 Å². The quantitative estimate of drug-likeness (QED) is 0.751. The van der Waals surface area contributed by atoms with Crippen LogP contribution in [0.2, 0.25) is 0 Å². The Morgan fingerprint density at radius 2 is 2.60 bits per heavy atom. The molecule has 0 bridgehead atoms. The highest BCUT2D eigenvalue weighted by Crippen LogP contribution is 1.94. The van der Waals surface area contributed by atoms with Crippen molar-refractivity contribution in [2.75, 3.05) is 0 Å². The summed E-state index contributed by atoms with van der Waals surface area (Å²) in [6, 6.07) is 5.49. The van der Waals surface area contributed by atoms with Gasteiger partial charge in [0.2, 0.25) is 5.91 Å². The maximum atomic E-state index is 11.4. The molecule has 80 valence electrons. The Morgan fingerprint density at radius 1 is 1.67 bits per heavy atom. The fourth-order valence-corrected chi connectivity index (χ4v) is 1.08. The molecule has 0 radical (unpaired) electrons. The van der Waals surface area contributed by atoms with Gasteiger partial charge in [0.15, 0.2) is 0 Å². The largest absolute Gasteiger partial charge is 0.350 e. The van der Waals surface area contributed by atoms with Crippen molar-refractivity contribution in [1.82, 2.24) is 10.3 Å². The number of rotatable bonds is 5. The minimum Gasteiger partial charge on any atom is -0.350 e. The average Bonchev–Trinajstić information content (AvgIpc) is 2.32. The van der Waals surface area contributed by atoms with Gasteiger partial charge in [0, 0.05) is 16.7 Å². The van der Waals surface area contributed by atoms with Crippen LogP contribution in [0.1, 0.15) is 29.5 Å². The van der Waals surface area contributed by atoms with Gasteiger partial charge in [0.25, 0.3) is 0 Å². The molecular formula is C12H16N2O. The fourth-order valence-electron chi connectivity index (χ4n) is 1.08. The lowest BCUT2D eigenvalue weighted by Crippen LogP contribution is -2.22. The summed E-state index contributed by atoms with van der Waals surface area (Å²) in [7, 11) is 0. The molecule has 0 aromatic carbocycles. The second kappa shape index (κ2) is 6.76. The molecule has 1 N–H and O–H groups in total. The maximum Gasteiger partial charge on any atom is 0.220 e. The van der Waals surface area contributed by atoms with Gasteiger partial charge >= 0.3 is 0 Å². The zero-order valence-corrected chi connectivity index (χ0v) is 8.44. The fraction of sp³-hybridized carbons (Fsp3) is 0.333. The molecule has 3 heteroatoms. The van der Waals surface area contributed by atoms with E-state index < -0.39 is 6.85 Å². The highest BCUT2D eigenvalue weighted by atomic mass is 16.1. The first-order valence-corrected chi connectivity index (χ1v) is 4.82. The van der Waals surface area contributed by atoms with E-state index in [4.69, 9.17) is 4.11 Å². The first kappa shape index (κ1) is 7.63. The number of hydrogen-bond donors (Lipinski definition) is 1. The predicted molar refractivity (Wildman–Crippen MR) is 60.1 cm³/mol. The summed E-state index contributed by atoms with van der Waals surface area (Å²) in [6.45, 7) is -1.67. The van der Waals surface area contributed by atoms with E-state index in [-0.39, 0.29) is 12.3 Å². The van der Waals surface area contributed by atoms with Gasteiger partial charge in [0.1, 0.15) is 0 Å². The van der Waals surface area contributed by atoms with Gasteiger partial charge in [-0.2, -0.15) is 0 Å². The van der Waals surface area contributed by atoms with Crippen molar-refractivity contribution in [2.24, 2.45) is 0 Å². The van der Waals surface area contributed by atoms with Crippen LogP contribution >= 0.6 is 0 Å². The number of carbonyl (C=O) groups excluding carboxylic acids is 1. The lowest BCUT2D eigenvalue weighted by Gasteiger charge is -2.02. The number of nitrogens with one attached hydrogen (secondary N) is 1. The zero-order valence-electron chi connectivity index (χ0n) is 11.4. The monoisotopic (exact) mass is 207 g/mol. The number of aromatic nitrogens is 1. The van der Waals surface area contributed by atoms with Gasteiger partial charge in [-0.15, -0.1) is 0 Å². The second-order valence-corrected chi connectivity index (χ2v) is 3.04. The molecule has 0 unspecified atom stereocenters. The van der Waals surface area contributed by atoms with Crippen molar-refractivity contribution in [3.8, 4) is 0 Å². The third-order valence-corrected chi connectivity index (χ3v) is 1.85. The van der Waals surface area contributed by atoms with E-state index in [0.717, 1.165) is 11.8 Å². The minimum absolute atomic E-state index is 0.115. The Bertz CT molecular complexity index is 402. The van der Waals surface area contributed by atoms with Crippen LogP contribution in [0.3, 0.4) is 0 Å². The molecule has 0 atom stereocenters. The van der Waals surface area contributed by atoms with Crippen molar-refractivity contribution in [3.05, 3.63) is 42.2 Å². The molecule has 1 aromatic heterocycles. The Hall–Kier alpha value is -1.64. The standard InChI is InChI=1S/C12H16N2O/c1-2-3-4-8-12(15)14-10-11-7-5-6-9-13-11/h2-3,5-7,9H,4,8,10H2,1H3,(H,14,15)/b3-2-/i1D3. The van der Waals surface area contributed by atoms with Crippen molar-refractivity contribution in [2.45, 2.75) is 26.2 Å². The van der Waals surface area contributed by atoms with Gasteiger partial charge in [-0.1, -0.05) is 18.2 Å². The van der Waals surface area contributed by atoms with Gasteiger partial charge in [-0.3, -0.25) is 9.78 Å². The third-order valence-electron chi connectivity index (χ3n) is 1.85. The van der Waals surface area contributed by atoms with Crippen molar-refractivity contribution in [3.63, 3.8) is 0 Å². The molecule has 15 heavy (non-hydrogen) atoms. The molecule has 0 spiro atoms. The Kier molecular flexibility index (Phi) is 3.44. The molecule has 1 heterocycles. The second-order valence-electron chi connectivity index (χ2n) is 3.04. The molecule has 0 saturated carbocycles. The SMILES string of the molecule is [2H]C([2H])([2H])/C=C\CCC(=O)NCc1ccccn1. The van der Waals surface area contributed by atoms with E-state index in [0.29, 0.717) is 13.0 Å². The number of pyridine rings is 1. The van der Waals surface area contributed by atoms with E-state index >= 15 is 0 Å². The molecular weight excluding hydrogens is 188 g/mol. The van der Waals surface area contributed by atoms with E-state index in [9.17, 15) is 4.79 Å². The summed E-state index contributed by atoms with van der Waals surface area (Å²) in [5.74, 6) is -0.115. The number of allylic oxidation sites excluding steroid dienone is 2. The lowest BCUT2D eigenvalue weighted by atomic mass is 10.2. The summed E-state index contributed by atoms with van der Waals surface area (Å²) in [6.07, 6.45) is 5.01. The summed E-state index contributed by atoms with van der Waals surface area (Å²) >= 11 is 0. The summed E-state index contributed by atoms with van der Waals surface area (Å²) in [4.78, 5) is 15.5. The van der Waals surface area contributed by atoms with Crippen LogP contribution in [0.25, 0.3) is 0 Å². The van der Waals surface area contributed by atoms with Crippen LogP contribution in [0.15, 0.2) is 36.5 Å². The first-order chi connectivity index (χ1) is 8.47. The molecule has 3 nitrogen and oxygen atoms in total. The van der Waals surface area contributed by atoms with E-state index in [1.54, 1.807) is 6.20 Å². The summed E-state index contributed by atoms with van der Waals surface area (Å²) < 4.78 is 20.8. The van der Waals surface area contributed by atoms with Crippen LogP contribution < -0.4 is 5.32 Å². The van der Waals surface area contributed by atoms with Crippen molar-refractivity contribution in [1.29, 1.82) is 0 Å². The minimum atomic E-state index is -2.07. The predicted octanol–water partition coefficient (Wildman–Crippen LogP) is 2.05. The molecule has 0 aliphatic rings. The third kappa shape index (κ3) is 4.96. The molecule has 0 fully saturated rings. The average molecular weight is 207 g/mol. The van der Waals surface area contributed by atoms with Gasteiger partial charge in [-0.05, 0) is 25.4 Å². The Balaban J connectivity index is 2.21. The molecule has 0 aliphatic heterocycles. The number of nitrogens with zero attached hydrogens (tertiary/aromatic N) is 1. The number of hydrogen-bond acceptors (Lipinski definition) is 2. The lowest BCUT2D eigenvalue weighted by molar-refractivity contribution is -0.121. The Morgan fingerprint density at radius 3 is 3.33 bits per heavy atom. The normalized spacial score (nSPS) is 14.3. The van der Waals surface area contributed by atoms with Crippen LogP contribution in [0.4, 0.5) is 0 Å². The highest BCUT2D eigenvalue weighted by Gasteiger charge is 1.99. The van der Waals surface area contributed by atoms with E-state index in [2.05, 4.69) is 10.3 Å². The molecule has 0 saturated heterocycles. The topological polar surface area (TPSA) is 42.0 Å².